The molecule has 0 spiro atoms. The fourth-order valence-electron chi connectivity index (χ4n) is 0.693. The summed E-state index contributed by atoms with van der Waals surface area (Å²) >= 11 is 5.51. The van der Waals surface area contributed by atoms with Crippen molar-refractivity contribution in [1.82, 2.24) is 9.78 Å². The van der Waals surface area contributed by atoms with Crippen LogP contribution in [0, 0.1) is 0 Å². The summed E-state index contributed by atoms with van der Waals surface area (Å²) in [6.07, 6.45) is 1.37. The highest BCUT2D eigenvalue weighted by Crippen LogP contribution is 2.04. The Labute approximate surface area is 73.2 Å². The fourth-order valence-corrected chi connectivity index (χ4v) is 0.850. The van der Waals surface area contributed by atoms with Crippen molar-refractivity contribution in [2.24, 2.45) is 0 Å². The molecule has 0 aromatic carbocycles. The Kier molecular flexibility index (Phi) is 2.67. The summed E-state index contributed by atoms with van der Waals surface area (Å²) in [5, 5.41) is 21.3. The van der Waals surface area contributed by atoms with E-state index in [1.54, 1.807) is 0 Å². The summed E-state index contributed by atoms with van der Waals surface area (Å²) in [5.74, 6) is -1.28. The van der Waals surface area contributed by atoms with Gasteiger partial charge in [0.25, 0.3) is 0 Å². The summed E-state index contributed by atoms with van der Waals surface area (Å²) in [7, 11) is 0. The molecule has 1 unspecified atom stereocenters. The highest BCUT2D eigenvalue weighted by atomic mass is 35.5. The van der Waals surface area contributed by atoms with Crippen LogP contribution >= 0.6 is 11.6 Å². The van der Waals surface area contributed by atoms with Gasteiger partial charge in [0.15, 0.2) is 6.10 Å². The number of carboxylic acids is 1. The average Bonchev–Trinajstić information content (AvgIpc) is 2.35. The van der Waals surface area contributed by atoms with Gasteiger partial charge >= 0.3 is 5.97 Å². The van der Waals surface area contributed by atoms with Gasteiger partial charge in [-0.25, -0.2) is 4.79 Å². The van der Waals surface area contributed by atoms with Crippen LogP contribution in [0.2, 0.25) is 5.02 Å². The average molecular weight is 191 g/mol. The molecule has 5 nitrogen and oxygen atoms in total. The van der Waals surface area contributed by atoms with Gasteiger partial charge in [-0.15, -0.1) is 0 Å². The lowest BCUT2D eigenvalue weighted by Crippen LogP contribution is -2.25. The maximum absolute atomic E-state index is 10.2. The summed E-state index contributed by atoms with van der Waals surface area (Å²) in [5.41, 5.74) is 0. The van der Waals surface area contributed by atoms with Gasteiger partial charge in [-0.05, 0) is 0 Å². The van der Waals surface area contributed by atoms with E-state index in [0.717, 1.165) is 0 Å². The van der Waals surface area contributed by atoms with Crippen LogP contribution < -0.4 is 0 Å². The number of nitrogens with zero attached hydrogens (tertiary/aromatic N) is 2. The SMILES string of the molecule is O=C(O)C(O)Cn1cc(Cl)cn1. The van der Waals surface area contributed by atoms with Crippen molar-refractivity contribution in [3.63, 3.8) is 0 Å². The van der Waals surface area contributed by atoms with Crippen molar-refractivity contribution in [1.29, 1.82) is 0 Å². The second-order valence-electron chi connectivity index (χ2n) is 2.23. The third-order valence-corrected chi connectivity index (χ3v) is 1.44. The zero-order valence-corrected chi connectivity index (χ0v) is 6.77. The van der Waals surface area contributed by atoms with Gasteiger partial charge in [-0.1, -0.05) is 11.6 Å². The van der Waals surface area contributed by atoms with E-state index >= 15 is 0 Å². The fraction of sp³-hybridized carbons (Fsp3) is 0.333. The number of aromatic nitrogens is 2. The number of carbonyl (C=O) groups is 1. The van der Waals surface area contributed by atoms with Gasteiger partial charge in [-0.3, -0.25) is 4.68 Å². The van der Waals surface area contributed by atoms with E-state index in [0.29, 0.717) is 5.02 Å². The van der Waals surface area contributed by atoms with Crippen LogP contribution in [0.5, 0.6) is 0 Å². The maximum atomic E-state index is 10.2. The lowest BCUT2D eigenvalue weighted by Gasteiger charge is -2.03. The molecule has 1 aromatic heterocycles. The minimum atomic E-state index is -1.44. The van der Waals surface area contributed by atoms with E-state index in [9.17, 15) is 4.79 Å². The molecular weight excluding hydrogens is 184 g/mol. The van der Waals surface area contributed by atoms with Crippen molar-refractivity contribution in [2.45, 2.75) is 12.6 Å². The molecule has 0 aliphatic rings. The lowest BCUT2D eigenvalue weighted by molar-refractivity contribution is -0.147. The summed E-state index contributed by atoms with van der Waals surface area (Å²) in [6.45, 7) is -0.0952. The van der Waals surface area contributed by atoms with E-state index in [4.69, 9.17) is 21.8 Å². The number of carboxylic acid groups (broad SMARTS) is 1. The number of rotatable bonds is 3. The molecule has 1 aromatic rings. The first-order valence-electron chi connectivity index (χ1n) is 3.18. The topological polar surface area (TPSA) is 75.3 Å². The molecule has 66 valence electrons. The Morgan fingerprint density at radius 1 is 1.83 bits per heavy atom. The van der Waals surface area contributed by atoms with Crippen LogP contribution in [0.3, 0.4) is 0 Å². The number of aliphatic hydroxyl groups is 1. The molecule has 0 saturated heterocycles. The highest BCUT2D eigenvalue weighted by molar-refractivity contribution is 6.30. The molecule has 0 bridgehead atoms. The summed E-state index contributed by atoms with van der Waals surface area (Å²) in [6, 6.07) is 0. The number of aliphatic hydroxyl groups excluding tert-OH is 1. The highest BCUT2D eigenvalue weighted by Gasteiger charge is 2.13. The zero-order chi connectivity index (χ0) is 9.14. The van der Waals surface area contributed by atoms with Gasteiger partial charge in [0.2, 0.25) is 0 Å². The van der Waals surface area contributed by atoms with E-state index in [1.807, 2.05) is 0 Å². The molecule has 0 amide bonds. The Morgan fingerprint density at radius 2 is 2.50 bits per heavy atom. The normalized spacial score (nSPS) is 12.8. The van der Waals surface area contributed by atoms with Gasteiger partial charge in [-0.2, -0.15) is 5.10 Å². The van der Waals surface area contributed by atoms with E-state index < -0.39 is 12.1 Å². The zero-order valence-electron chi connectivity index (χ0n) is 6.01. The molecule has 1 heterocycles. The van der Waals surface area contributed by atoms with Gasteiger partial charge < -0.3 is 10.2 Å². The van der Waals surface area contributed by atoms with Gasteiger partial charge in [0.1, 0.15) is 0 Å². The van der Waals surface area contributed by atoms with Crippen molar-refractivity contribution in [2.75, 3.05) is 0 Å². The molecule has 0 fully saturated rings. The van der Waals surface area contributed by atoms with Crippen molar-refractivity contribution >= 4 is 17.6 Å². The third kappa shape index (κ3) is 2.21. The Balaban J connectivity index is 2.58. The monoisotopic (exact) mass is 190 g/mol. The maximum Gasteiger partial charge on any atom is 0.334 e. The van der Waals surface area contributed by atoms with Crippen LogP contribution in [0.1, 0.15) is 0 Å². The van der Waals surface area contributed by atoms with Crippen molar-refractivity contribution in [3.8, 4) is 0 Å². The van der Waals surface area contributed by atoms with E-state index in [2.05, 4.69) is 5.10 Å². The predicted molar refractivity (Wildman–Crippen MR) is 40.9 cm³/mol. The first-order valence-corrected chi connectivity index (χ1v) is 3.56. The Morgan fingerprint density at radius 3 is 2.92 bits per heavy atom. The van der Waals surface area contributed by atoms with Gasteiger partial charge in [0, 0.05) is 6.20 Å². The van der Waals surface area contributed by atoms with Crippen molar-refractivity contribution < 1.29 is 15.0 Å². The van der Waals surface area contributed by atoms with Crippen LogP contribution in [0.15, 0.2) is 12.4 Å². The molecule has 0 aliphatic carbocycles. The van der Waals surface area contributed by atoms with Crippen LogP contribution in [-0.4, -0.2) is 32.1 Å². The second-order valence-corrected chi connectivity index (χ2v) is 2.67. The quantitative estimate of drug-likeness (QED) is 0.703. The molecule has 0 saturated carbocycles. The Hall–Kier alpha value is -1.07. The van der Waals surface area contributed by atoms with Gasteiger partial charge in [0.05, 0.1) is 17.8 Å². The molecule has 1 atom stereocenters. The number of hydrogen-bond acceptors (Lipinski definition) is 3. The lowest BCUT2D eigenvalue weighted by atomic mass is 10.4. The van der Waals surface area contributed by atoms with Crippen LogP contribution in [0.25, 0.3) is 0 Å². The molecule has 0 radical (unpaired) electrons. The predicted octanol–water partition coefficient (Wildman–Crippen LogP) is -0.0180. The van der Waals surface area contributed by atoms with Crippen molar-refractivity contribution in [3.05, 3.63) is 17.4 Å². The first kappa shape index (κ1) is 9.02. The molecule has 0 aliphatic heterocycles. The minimum Gasteiger partial charge on any atom is -0.479 e. The molecular formula is C6H7ClN2O3. The van der Waals surface area contributed by atoms with E-state index in [-0.39, 0.29) is 6.54 Å². The number of hydrogen-bond donors (Lipinski definition) is 2. The summed E-state index contributed by atoms with van der Waals surface area (Å²) < 4.78 is 1.26. The molecule has 12 heavy (non-hydrogen) atoms. The molecule has 2 N–H and O–H groups in total. The molecule has 6 heteroatoms. The minimum absolute atomic E-state index is 0.0952. The first-order chi connectivity index (χ1) is 5.59. The number of aliphatic carboxylic acids is 1. The van der Waals surface area contributed by atoms with Crippen LogP contribution in [-0.2, 0) is 11.3 Å². The summed E-state index contributed by atoms with van der Waals surface area (Å²) in [4.78, 5) is 10.2. The third-order valence-electron chi connectivity index (χ3n) is 1.25. The standard InChI is InChI=1S/C6H7ClN2O3/c7-4-1-8-9(2-4)3-5(10)6(11)12/h1-2,5,10H,3H2,(H,11,12). The number of halogens is 1. The largest absolute Gasteiger partial charge is 0.479 e. The Bertz CT molecular complexity index is 286. The second kappa shape index (κ2) is 3.55. The van der Waals surface area contributed by atoms with Crippen LogP contribution in [0.4, 0.5) is 0 Å². The smallest absolute Gasteiger partial charge is 0.334 e. The molecule has 1 rings (SSSR count). The van der Waals surface area contributed by atoms with E-state index in [1.165, 1.54) is 17.1 Å².